The van der Waals surface area contributed by atoms with Crippen molar-refractivity contribution < 1.29 is 0 Å². The molecule has 1 aromatic carbocycles. The standard InChI is InChI=1S/C14H17Cl3N2/c1-10(14(15,16)17)8-13(9-18)19-11(2)12-6-4-3-5-7-12/h3-7,10-11,13,19H,8H2,1-2H3/t10-,11-,13-/m1/s1. The normalized spacial score (nSPS) is 16.4. The highest BCUT2D eigenvalue weighted by Gasteiger charge is 2.31. The molecule has 0 aromatic heterocycles. The van der Waals surface area contributed by atoms with Crippen LogP contribution in [0.2, 0.25) is 0 Å². The molecule has 1 rings (SSSR count). The third kappa shape index (κ3) is 5.58. The van der Waals surface area contributed by atoms with Gasteiger partial charge in [-0.1, -0.05) is 72.1 Å². The Morgan fingerprint density at radius 3 is 2.26 bits per heavy atom. The molecule has 0 heterocycles. The second-order valence-corrected chi connectivity index (χ2v) is 7.03. The van der Waals surface area contributed by atoms with Gasteiger partial charge in [0, 0.05) is 12.0 Å². The van der Waals surface area contributed by atoms with Gasteiger partial charge in [-0.05, 0) is 18.9 Å². The number of alkyl halides is 3. The largest absolute Gasteiger partial charge is 0.295 e. The molecule has 104 valence electrons. The number of rotatable bonds is 5. The van der Waals surface area contributed by atoms with E-state index in [-0.39, 0.29) is 18.0 Å². The Morgan fingerprint density at radius 1 is 1.21 bits per heavy atom. The highest BCUT2D eigenvalue weighted by Crippen LogP contribution is 2.37. The van der Waals surface area contributed by atoms with Gasteiger partial charge in [-0.15, -0.1) is 0 Å². The molecule has 1 aromatic rings. The molecule has 0 aliphatic carbocycles. The van der Waals surface area contributed by atoms with Gasteiger partial charge in [0.1, 0.15) is 0 Å². The summed E-state index contributed by atoms with van der Waals surface area (Å²) in [5.41, 5.74) is 1.13. The van der Waals surface area contributed by atoms with Gasteiger partial charge in [-0.25, -0.2) is 0 Å². The molecule has 0 saturated heterocycles. The van der Waals surface area contributed by atoms with Crippen LogP contribution in [0.3, 0.4) is 0 Å². The predicted octanol–water partition coefficient (Wildman–Crippen LogP) is 4.63. The number of nitrogens with zero attached hydrogens (tertiary/aromatic N) is 1. The molecular weight excluding hydrogens is 303 g/mol. The molecular formula is C14H17Cl3N2. The first kappa shape index (κ1) is 16.6. The fourth-order valence-corrected chi connectivity index (χ4v) is 2.05. The van der Waals surface area contributed by atoms with Gasteiger partial charge in [0.25, 0.3) is 0 Å². The second kappa shape index (κ2) is 7.36. The molecule has 0 saturated carbocycles. The number of hydrogen-bond donors (Lipinski definition) is 1. The lowest BCUT2D eigenvalue weighted by Gasteiger charge is -2.25. The fourth-order valence-electron chi connectivity index (χ4n) is 1.78. The minimum absolute atomic E-state index is 0.0772. The number of nitrogens with one attached hydrogen (secondary N) is 1. The fraction of sp³-hybridized carbons (Fsp3) is 0.500. The summed E-state index contributed by atoms with van der Waals surface area (Å²) in [4.78, 5) is 0. The maximum atomic E-state index is 9.19. The van der Waals surface area contributed by atoms with E-state index in [9.17, 15) is 5.26 Å². The Kier molecular flexibility index (Phi) is 6.42. The van der Waals surface area contributed by atoms with Crippen LogP contribution in [0.15, 0.2) is 30.3 Å². The van der Waals surface area contributed by atoms with Crippen molar-refractivity contribution >= 4 is 34.8 Å². The number of benzene rings is 1. The summed E-state index contributed by atoms with van der Waals surface area (Å²) in [6, 6.07) is 11.9. The minimum atomic E-state index is -1.34. The van der Waals surface area contributed by atoms with Crippen LogP contribution in [0.5, 0.6) is 0 Å². The average Bonchev–Trinajstić information content (AvgIpc) is 2.37. The summed E-state index contributed by atoms with van der Waals surface area (Å²) >= 11 is 17.5. The second-order valence-electron chi connectivity index (χ2n) is 4.66. The third-order valence-corrected chi connectivity index (χ3v) is 4.17. The Bertz CT molecular complexity index is 423. The van der Waals surface area contributed by atoms with Crippen LogP contribution in [0, 0.1) is 17.2 Å². The molecule has 3 atom stereocenters. The van der Waals surface area contributed by atoms with E-state index < -0.39 is 3.79 Å². The monoisotopic (exact) mass is 318 g/mol. The Labute approximate surface area is 129 Å². The van der Waals surface area contributed by atoms with Crippen molar-refractivity contribution in [3.8, 4) is 6.07 Å². The molecule has 0 aliphatic rings. The Balaban J connectivity index is 2.61. The predicted molar refractivity (Wildman–Crippen MR) is 81.5 cm³/mol. The lowest BCUT2D eigenvalue weighted by atomic mass is 10.0. The van der Waals surface area contributed by atoms with E-state index >= 15 is 0 Å². The number of nitriles is 1. The Hall–Kier alpha value is -0.460. The van der Waals surface area contributed by atoms with Crippen molar-refractivity contribution in [3.63, 3.8) is 0 Å². The SMILES string of the molecule is C[C@H](C[C@H](C#N)N[C@H](C)c1ccccc1)C(Cl)(Cl)Cl. The zero-order valence-corrected chi connectivity index (χ0v) is 13.2. The molecule has 1 N–H and O–H groups in total. The van der Waals surface area contributed by atoms with Crippen LogP contribution in [-0.4, -0.2) is 9.83 Å². The summed E-state index contributed by atoms with van der Waals surface area (Å²) in [6.07, 6.45) is 0.490. The van der Waals surface area contributed by atoms with Crippen molar-refractivity contribution in [1.29, 1.82) is 5.26 Å². The van der Waals surface area contributed by atoms with Gasteiger partial charge < -0.3 is 0 Å². The van der Waals surface area contributed by atoms with Crippen LogP contribution in [0.1, 0.15) is 31.9 Å². The molecule has 0 amide bonds. The summed E-state index contributed by atoms with van der Waals surface area (Å²) in [6.45, 7) is 3.84. The van der Waals surface area contributed by atoms with Crippen LogP contribution in [0.4, 0.5) is 0 Å². The van der Waals surface area contributed by atoms with E-state index in [0.29, 0.717) is 6.42 Å². The lowest BCUT2D eigenvalue weighted by Crippen LogP contribution is -2.34. The minimum Gasteiger partial charge on any atom is -0.295 e. The summed E-state index contributed by atoms with van der Waals surface area (Å²) in [5, 5.41) is 12.4. The van der Waals surface area contributed by atoms with Gasteiger partial charge in [-0.3, -0.25) is 5.32 Å². The molecule has 19 heavy (non-hydrogen) atoms. The van der Waals surface area contributed by atoms with Gasteiger partial charge in [-0.2, -0.15) is 5.26 Å². The summed E-state index contributed by atoms with van der Waals surface area (Å²) in [5.74, 6) is -0.197. The number of hydrogen-bond acceptors (Lipinski definition) is 2. The molecule has 0 spiro atoms. The lowest BCUT2D eigenvalue weighted by molar-refractivity contribution is 0.426. The number of halogens is 3. The zero-order chi connectivity index (χ0) is 14.5. The van der Waals surface area contributed by atoms with E-state index in [1.165, 1.54) is 0 Å². The quantitative estimate of drug-likeness (QED) is 0.803. The van der Waals surface area contributed by atoms with E-state index in [2.05, 4.69) is 11.4 Å². The first-order chi connectivity index (χ1) is 8.84. The van der Waals surface area contributed by atoms with Crippen LogP contribution in [0.25, 0.3) is 0 Å². The van der Waals surface area contributed by atoms with Crippen molar-refractivity contribution in [1.82, 2.24) is 5.32 Å². The highest BCUT2D eigenvalue weighted by molar-refractivity contribution is 6.67. The van der Waals surface area contributed by atoms with Crippen LogP contribution < -0.4 is 5.32 Å². The maximum Gasteiger partial charge on any atom is 0.193 e. The van der Waals surface area contributed by atoms with E-state index in [1.54, 1.807) is 0 Å². The van der Waals surface area contributed by atoms with Gasteiger partial charge >= 0.3 is 0 Å². The van der Waals surface area contributed by atoms with Gasteiger partial charge in [0.05, 0.1) is 12.1 Å². The molecule has 0 bridgehead atoms. The van der Waals surface area contributed by atoms with E-state index in [0.717, 1.165) is 5.56 Å². The smallest absolute Gasteiger partial charge is 0.193 e. The molecule has 0 unspecified atom stereocenters. The van der Waals surface area contributed by atoms with Gasteiger partial charge in [0.2, 0.25) is 0 Å². The van der Waals surface area contributed by atoms with E-state index in [1.807, 2.05) is 44.2 Å². The molecule has 5 heteroatoms. The molecule has 2 nitrogen and oxygen atoms in total. The molecule has 0 radical (unpaired) electrons. The van der Waals surface area contributed by atoms with Crippen molar-refractivity contribution in [2.45, 2.75) is 36.1 Å². The summed E-state index contributed by atoms with van der Waals surface area (Å²) in [7, 11) is 0. The maximum absolute atomic E-state index is 9.19. The molecule has 0 fully saturated rings. The first-order valence-electron chi connectivity index (χ1n) is 6.12. The van der Waals surface area contributed by atoms with Crippen molar-refractivity contribution in [2.75, 3.05) is 0 Å². The topological polar surface area (TPSA) is 35.8 Å². The Morgan fingerprint density at radius 2 is 1.79 bits per heavy atom. The van der Waals surface area contributed by atoms with E-state index in [4.69, 9.17) is 34.8 Å². The van der Waals surface area contributed by atoms with Crippen LogP contribution >= 0.6 is 34.8 Å². The highest BCUT2D eigenvalue weighted by atomic mass is 35.6. The molecule has 0 aliphatic heterocycles. The van der Waals surface area contributed by atoms with Crippen molar-refractivity contribution in [3.05, 3.63) is 35.9 Å². The summed E-state index contributed by atoms with van der Waals surface area (Å²) < 4.78 is -1.34. The third-order valence-electron chi connectivity index (χ3n) is 3.05. The van der Waals surface area contributed by atoms with Gasteiger partial charge in [0.15, 0.2) is 3.79 Å². The van der Waals surface area contributed by atoms with Crippen molar-refractivity contribution in [2.24, 2.45) is 5.92 Å². The van der Waals surface area contributed by atoms with Crippen LogP contribution in [-0.2, 0) is 0 Å². The first-order valence-corrected chi connectivity index (χ1v) is 7.25. The average molecular weight is 320 g/mol. The zero-order valence-electron chi connectivity index (χ0n) is 10.9.